The highest BCUT2D eigenvalue weighted by molar-refractivity contribution is 5.00. The minimum Gasteiger partial charge on any atom is -0.315 e. The minimum absolute atomic E-state index is 0.305. The van der Waals surface area contributed by atoms with E-state index in [-0.39, 0.29) is 11.2 Å². The lowest BCUT2D eigenvalue weighted by atomic mass is 10.3. The van der Waals surface area contributed by atoms with Crippen LogP contribution >= 0.6 is 0 Å². The van der Waals surface area contributed by atoms with Gasteiger partial charge in [0.25, 0.3) is 5.56 Å². The van der Waals surface area contributed by atoms with E-state index in [0.717, 1.165) is 25.9 Å². The molecule has 0 unspecified atom stereocenters. The normalized spacial score (nSPS) is 10.6. The van der Waals surface area contributed by atoms with Crippen molar-refractivity contribution in [2.45, 2.75) is 33.2 Å². The van der Waals surface area contributed by atoms with Crippen molar-refractivity contribution in [3.8, 4) is 0 Å². The zero-order chi connectivity index (χ0) is 12.0. The Bertz CT molecular complexity index is 434. The average molecular weight is 225 g/mol. The lowest BCUT2D eigenvalue weighted by Gasteiger charge is -2.06. The summed E-state index contributed by atoms with van der Waals surface area (Å²) < 4.78 is 1.52. The number of hydrogen-bond acceptors (Lipinski definition) is 3. The largest absolute Gasteiger partial charge is 0.328 e. The van der Waals surface area contributed by atoms with Crippen LogP contribution in [0.3, 0.4) is 0 Å². The van der Waals surface area contributed by atoms with Crippen LogP contribution in [0.4, 0.5) is 0 Å². The second-order valence-corrected chi connectivity index (χ2v) is 3.87. The van der Waals surface area contributed by atoms with Gasteiger partial charge in [-0.15, -0.1) is 0 Å². The molecule has 1 aromatic rings. The summed E-state index contributed by atoms with van der Waals surface area (Å²) in [5.41, 5.74) is -0.0822. The van der Waals surface area contributed by atoms with E-state index in [1.807, 2.05) is 0 Å². The average Bonchev–Trinajstić information content (AvgIpc) is 2.25. The summed E-state index contributed by atoms with van der Waals surface area (Å²) in [5, 5.41) is 3.24. The predicted molar refractivity (Wildman–Crippen MR) is 63.8 cm³/mol. The van der Waals surface area contributed by atoms with Crippen molar-refractivity contribution >= 4 is 0 Å². The Labute approximate surface area is 94.5 Å². The Morgan fingerprint density at radius 1 is 1.38 bits per heavy atom. The number of H-pyrrole nitrogens is 1. The molecule has 0 aromatic carbocycles. The summed E-state index contributed by atoms with van der Waals surface area (Å²) in [6, 6.07) is 0. The first kappa shape index (κ1) is 12.7. The molecule has 0 aliphatic heterocycles. The first-order valence-electron chi connectivity index (χ1n) is 5.66. The highest BCUT2D eigenvalue weighted by Gasteiger charge is 1.99. The van der Waals surface area contributed by atoms with Crippen LogP contribution in [0.15, 0.2) is 15.8 Å². The molecule has 1 heterocycles. The summed E-state index contributed by atoms with van der Waals surface area (Å²) in [5.74, 6) is 0. The van der Waals surface area contributed by atoms with Gasteiger partial charge in [-0.05, 0) is 19.9 Å². The molecule has 16 heavy (non-hydrogen) atoms. The molecular formula is C11H19N3O2. The Kier molecular flexibility index (Phi) is 4.98. The van der Waals surface area contributed by atoms with Crippen LogP contribution in [-0.2, 0) is 6.54 Å². The van der Waals surface area contributed by atoms with Crippen molar-refractivity contribution in [1.82, 2.24) is 14.9 Å². The maximum absolute atomic E-state index is 11.4. The van der Waals surface area contributed by atoms with E-state index < -0.39 is 0 Å². The molecule has 2 N–H and O–H groups in total. The maximum Gasteiger partial charge on any atom is 0.328 e. The number of rotatable bonds is 6. The second-order valence-electron chi connectivity index (χ2n) is 3.87. The number of aromatic amines is 1. The Morgan fingerprint density at radius 2 is 2.12 bits per heavy atom. The third-order valence-corrected chi connectivity index (χ3v) is 2.43. The monoisotopic (exact) mass is 225 g/mol. The summed E-state index contributed by atoms with van der Waals surface area (Å²) in [4.78, 5) is 24.8. The molecule has 0 radical (unpaired) electrons. The van der Waals surface area contributed by atoms with Gasteiger partial charge in [-0.3, -0.25) is 14.3 Å². The molecule has 1 aromatic heterocycles. The van der Waals surface area contributed by atoms with Gasteiger partial charge in [0.15, 0.2) is 0 Å². The molecule has 0 aliphatic carbocycles. The fourth-order valence-electron chi connectivity index (χ4n) is 1.41. The molecule has 5 heteroatoms. The van der Waals surface area contributed by atoms with E-state index in [0.29, 0.717) is 12.1 Å². The van der Waals surface area contributed by atoms with E-state index in [2.05, 4.69) is 17.2 Å². The molecule has 0 aliphatic rings. The summed E-state index contributed by atoms with van der Waals surface area (Å²) >= 11 is 0. The summed E-state index contributed by atoms with van der Waals surface area (Å²) in [6.45, 7) is 6.12. The van der Waals surface area contributed by atoms with Crippen LogP contribution in [0.5, 0.6) is 0 Å². The number of aryl methyl sites for hydroxylation is 1. The Morgan fingerprint density at radius 3 is 2.81 bits per heavy atom. The van der Waals surface area contributed by atoms with Crippen LogP contribution < -0.4 is 16.6 Å². The van der Waals surface area contributed by atoms with E-state index in [1.165, 1.54) is 4.57 Å². The number of unbranched alkanes of at least 4 members (excludes halogenated alkanes) is 1. The van der Waals surface area contributed by atoms with Crippen molar-refractivity contribution in [1.29, 1.82) is 0 Å². The summed E-state index contributed by atoms with van der Waals surface area (Å²) in [7, 11) is 0. The number of hydrogen-bond donors (Lipinski definition) is 2. The van der Waals surface area contributed by atoms with E-state index in [4.69, 9.17) is 0 Å². The number of aromatic nitrogens is 2. The van der Waals surface area contributed by atoms with Gasteiger partial charge in [0.1, 0.15) is 0 Å². The van der Waals surface area contributed by atoms with Crippen molar-refractivity contribution in [2.24, 2.45) is 0 Å². The van der Waals surface area contributed by atoms with Crippen LogP contribution in [0.1, 0.15) is 25.3 Å². The third-order valence-electron chi connectivity index (χ3n) is 2.43. The predicted octanol–water partition coefficient (Wildman–Crippen LogP) is 0.235. The molecule has 0 spiro atoms. The number of nitrogens with zero attached hydrogens (tertiary/aromatic N) is 1. The van der Waals surface area contributed by atoms with Crippen molar-refractivity contribution < 1.29 is 0 Å². The zero-order valence-corrected chi connectivity index (χ0v) is 9.88. The first-order valence-corrected chi connectivity index (χ1v) is 5.66. The molecule has 0 atom stereocenters. The fraction of sp³-hybridized carbons (Fsp3) is 0.636. The molecule has 0 bridgehead atoms. The van der Waals surface area contributed by atoms with Crippen LogP contribution in [0, 0.1) is 6.92 Å². The van der Waals surface area contributed by atoms with Crippen LogP contribution in [0.2, 0.25) is 0 Å². The SMILES string of the molecule is CCCCNCCn1cc(C)c(=O)[nH]c1=O. The molecular weight excluding hydrogens is 206 g/mol. The topological polar surface area (TPSA) is 66.9 Å². The molecule has 1 rings (SSSR count). The lowest BCUT2D eigenvalue weighted by Crippen LogP contribution is -2.33. The first-order chi connectivity index (χ1) is 7.65. The van der Waals surface area contributed by atoms with E-state index in [9.17, 15) is 9.59 Å². The van der Waals surface area contributed by atoms with Gasteiger partial charge in [0.2, 0.25) is 0 Å². The van der Waals surface area contributed by atoms with Gasteiger partial charge in [0, 0.05) is 24.8 Å². The summed E-state index contributed by atoms with van der Waals surface area (Å²) in [6.07, 6.45) is 3.90. The van der Waals surface area contributed by atoms with E-state index in [1.54, 1.807) is 13.1 Å². The van der Waals surface area contributed by atoms with Crippen molar-refractivity contribution in [3.63, 3.8) is 0 Å². The Balaban J connectivity index is 2.51. The molecule has 0 saturated heterocycles. The second kappa shape index (κ2) is 6.27. The van der Waals surface area contributed by atoms with Crippen molar-refractivity contribution in [2.75, 3.05) is 13.1 Å². The highest BCUT2D eigenvalue weighted by Crippen LogP contribution is 1.85. The van der Waals surface area contributed by atoms with Gasteiger partial charge in [-0.25, -0.2) is 4.79 Å². The molecule has 5 nitrogen and oxygen atoms in total. The fourth-order valence-corrected chi connectivity index (χ4v) is 1.41. The minimum atomic E-state index is -0.340. The van der Waals surface area contributed by atoms with Crippen LogP contribution in [-0.4, -0.2) is 22.6 Å². The smallest absolute Gasteiger partial charge is 0.315 e. The molecule has 0 fully saturated rings. The van der Waals surface area contributed by atoms with Gasteiger partial charge in [-0.1, -0.05) is 13.3 Å². The zero-order valence-electron chi connectivity index (χ0n) is 9.88. The van der Waals surface area contributed by atoms with Crippen molar-refractivity contribution in [3.05, 3.63) is 32.6 Å². The van der Waals surface area contributed by atoms with Gasteiger partial charge < -0.3 is 5.32 Å². The number of nitrogens with one attached hydrogen (secondary N) is 2. The quantitative estimate of drug-likeness (QED) is 0.681. The van der Waals surface area contributed by atoms with E-state index >= 15 is 0 Å². The van der Waals surface area contributed by atoms with Crippen LogP contribution in [0.25, 0.3) is 0 Å². The molecule has 0 saturated carbocycles. The lowest BCUT2D eigenvalue weighted by molar-refractivity contribution is 0.560. The maximum atomic E-state index is 11.4. The van der Waals surface area contributed by atoms with Gasteiger partial charge in [-0.2, -0.15) is 0 Å². The highest BCUT2D eigenvalue weighted by atomic mass is 16.2. The van der Waals surface area contributed by atoms with Gasteiger partial charge in [0.05, 0.1) is 0 Å². The van der Waals surface area contributed by atoms with Gasteiger partial charge >= 0.3 is 5.69 Å². The standard InChI is InChI=1S/C11H19N3O2/c1-3-4-5-12-6-7-14-8-9(2)10(15)13-11(14)16/h8,12H,3-7H2,1-2H3,(H,13,15,16). The Hall–Kier alpha value is -1.36. The third kappa shape index (κ3) is 3.66. The molecule has 0 amide bonds. The molecule has 90 valence electrons.